The van der Waals surface area contributed by atoms with Crippen molar-refractivity contribution in [3.63, 3.8) is 0 Å². The highest BCUT2D eigenvalue weighted by atomic mass is 16.5. The number of methoxy groups -OCH3 is 1. The Bertz CT molecular complexity index is 716. The van der Waals surface area contributed by atoms with Crippen molar-refractivity contribution in [2.45, 2.75) is 50.7 Å². The minimum Gasteiger partial charge on any atom is -0.377 e. The van der Waals surface area contributed by atoms with Crippen LogP contribution in [-0.4, -0.2) is 53.0 Å². The lowest BCUT2D eigenvalue weighted by atomic mass is 10.0. The molecule has 4 rings (SSSR count). The Balaban J connectivity index is 1.40. The highest BCUT2D eigenvalue weighted by Crippen LogP contribution is 2.33. The Morgan fingerprint density at radius 3 is 3.00 bits per heavy atom. The van der Waals surface area contributed by atoms with Crippen LogP contribution in [0.1, 0.15) is 49.0 Å². The van der Waals surface area contributed by atoms with E-state index in [0.29, 0.717) is 37.3 Å². The van der Waals surface area contributed by atoms with Crippen molar-refractivity contribution >= 4 is 5.95 Å². The fourth-order valence-corrected chi connectivity index (χ4v) is 3.74. The quantitative estimate of drug-likeness (QED) is 0.775. The number of aromatic nitrogens is 4. The molecular weight excluding hydrogens is 334 g/mol. The van der Waals surface area contributed by atoms with Crippen molar-refractivity contribution in [1.82, 2.24) is 20.1 Å². The van der Waals surface area contributed by atoms with Crippen LogP contribution in [0.15, 0.2) is 16.8 Å². The van der Waals surface area contributed by atoms with Crippen LogP contribution < -0.4 is 4.90 Å². The van der Waals surface area contributed by atoms with Crippen LogP contribution in [0.2, 0.25) is 0 Å². The average Bonchev–Trinajstić information content (AvgIpc) is 3.35. The molecule has 0 amide bonds. The zero-order valence-electron chi connectivity index (χ0n) is 15.1. The summed E-state index contributed by atoms with van der Waals surface area (Å²) in [4.78, 5) is 15.9. The number of ether oxygens (including phenoxy) is 2. The summed E-state index contributed by atoms with van der Waals surface area (Å²) in [7, 11) is 1.61. The van der Waals surface area contributed by atoms with E-state index in [4.69, 9.17) is 19.0 Å². The van der Waals surface area contributed by atoms with Gasteiger partial charge in [-0.25, -0.2) is 9.97 Å². The van der Waals surface area contributed by atoms with Crippen LogP contribution in [0.4, 0.5) is 5.95 Å². The lowest BCUT2D eigenvalue weighted by Gasteiger charge is -2.32. The van der Waals surface area contributed by atoms with Gasteiger partial charge in [-0.1, -0.05) is 18.0 Å². The van der Waals surface area contributed by atoms with Crippen LogP contribution in [0.3, 0.4) is 0 Å². The molecule has 2 aromatic rings. The maximum Gasteiger partial charge on any atom is 0.229 e. The van der Waals surface area contributed by atoms with Gasteiger partial charge < -0.3 is 18.9 Å². The van der Waals surface area contributed by atoms with Crippen molar-refractivity contribution in [3.05, 3.63) is 29.7 Å². The first-order valence-corrected chi connectivity index (χ1v) is 9.31. The molecule has 8 nitrogen and oxygen atoms in total. The third-order valence-electron chi connectivity index (χ3n) is 5.05. The largest absolute Gasteiger partial charge is 0.377 e. The Kier molecular flexibility index (Phi) is 5.40. The molecule has 2 aromatic heterocycles. The number of hydrogen-bond acceptors (Lipinski definition) is 8. The van der Waals surface area contributed by atoms with Crippen molar-refractivity contribution in [1.29, 1.82) is 0 Å². The average molecular weight is 359 g/mol. The van der Waals surface area contributed by atoms with E-state index in [1.807, 2.05) is 6.20 Å². The lowest BCUT2D eigenvalue weighted by molar-refractivity contribution is 0.0356. The Labute approximate surface area is 152 Å². The molecule has 0 aromatic carbocycles. The van der Waals surface area contributed by atoms with Gasteiger partial charge in [-0.3, -0.25) is 0 Å². The van der Waals surface area contributed by atoms with Gasteiger partial charge in [0.2, 0.25) is 11.8 Å². The van der Waals surface area contributed by atoms with Crippen molar-refractivity contribution in [2.75, 3.05) is 31.7 Å². The van der Waals surface area contributed by atoms with E-state index in [2.05, 4.69) is 26.1 Å². The van der Waals surface area contributed by atoms with Crippen LogP contribution in [0.25, 0.3) is 0 Å². The van der Waals surface area contributed by atoms with Crippen molar-refractivity contribution < 1.29 is 14.0 Å². The molecule has 26 heavy (non-hydrogen) atoms. The van der Waals surface area contributed by atoms with Gasteiger partial charge in [0.1, 0.15) is 6.61 Å². The minimum absolute atomic E-state index is 0.0154. The molecule has 0 bridgehead atoms. The van der Waals surface area contributed by atoms with Crippen LogP contribution in [0.5, 0.6) is 0 Å². The molecule has 2 fully saturated rings. The smallest absolute Gasteiger partial charge is 0.229 e. The van der Waals surface area contributed by atoms with Crippen LogP contribution >= 0.6 is 0 Å². The summed E-state index contributed by atoms with van der Waals surface area (Å²) >= 11 is 0. The van der Waals surface area contributed by atoms with Gasteiger partial charge in [-0.15, -0.1) is 0 Å². The van der Waals surface area contributed by atoms with E-state index in [9.17, 15) is 0 Å². The molecule has 1 unspecified atom stereocenters. The molecule has 3 heterocycles. The van der Waals surface area contributed by atoms with Gasteiger partial charge >= 0.3 is 0 Å². The van der Waals surface area contributed by atoms with E-state index in [0.717, 1.165) is 19.0 Å². The highest BCUT2D eigenvalue weighted by molar-refractivity contribution is 5.32. The zero-order chi connectivity index (χ0) is 17.8. The third-order valence-corrected chi connectivity index (χ3v) is 5.05. The second kappa shape index (κ2) is 8.09. The van der Waals surface area contributed by atoms with E-state index in [-0.39, 0.29) is 6.10 Å². The molecule has 2 aliphatic rings. The summed E-state index contributed by atoms with van der Waals surface area (Å²) in [6, 6.07) is 2.06. The molecule has 1 aliphatic heterocycles. The second-order valence-corrected chi connectivity index (χ2v) is 6.94. The summed E-state index contributed by atoms with van der Waals surface area (Å²) in [5, 5.41) is 3.90. The molecule has 1 saturated heterocycles. The fourth-order valence-electron chi connectivity index (χ4n) is 3.74. The van der Waals surface area contributed by atoms with Gasteiger partial charge in [-0.2, -0.15) is 4.98 Å². The Morgan fingerprint density at radius 2 is 2.15 bits per heavy atom. The number of hydrogen-bond donors (Lipinski definition) is 0. The molecule has 0 N–H and O–H groups in total. The normalized spacial score (nSPS) is 21.4. The van der Waals surface area contributed by atoms with Gasteiger partial charge in [0, 0.05) is 38.0 Å². The SMILES string of the molecule is COCc1noc(CC2CN(c3nccc(C4CCCC4)n3)CCO2)n1. The maximum absolute atomic E-state index is 5.88. The molecule has 1 saturated carbocycles. The predicted octanol–water partition coefficient (Wildman–Crippen LogP) is 2.11. The van der Waals surface area contributed by atoms with Gasteiger partial charge in [-0.05, 0) is 18.9 Å². The van der Waals surface area contributed by atoms with Crippen molar-refractivity contribution in [2.24, 2.45) is 0 Å². The van der Waals surface area contributed by atoms with E-state index in [1.165, 1.54) is 31.4 Å². The summed E-state index contributed by atoms with van der Waals surface area (Å²) < 4.78 is 16.2. The van der Waals surface area contributed by atoms with E-state index < -0.39 is 0 Å². The zero-order valence-corrected chi connectivity index (χ0v) is 15.1. The Morgan fingerprint density at radius 1 is 1.27 bits per heavy atom. The third kappa shape index (κ3) is 4.02. The molecule has 1 aliphatic carbocycles. The lowest BCUT2D eigenvalue weighted by Crippen LogP contribution is -2.44. The monoisotopic (exact) mass is 359 g/mol. The van der Waals surface area contributed by atoms with E-state index >= 15 is 0 Å². The first-order chi connectivity index (χ1) is 12.8. The summed E-state index contributed by atoms with van der Waals surface area (Å²) in [6.07, 6.45) is 7.54. The molecular formula is C18H25N5O3. The van der Waals surface area contributed by atoms with Gasteiger partial charge in [0.25, 0.3) is 0 Å². The maximum atomic E-state index is 5.88. The highest BCUT2D eigenvalue weighted by Gasteiger charge is 2.26. The molecule has 0 radical (unpaired) electrons. The van der Waals surface area contributed by atoms with Crippen LogP contribution in [0, 0.1) is 0 Å². The minimum atomic E-state index is -0.0154. The van der Waals surface area contributed by atoms with E-state index in [1.54, 1.807) is 7.11 Å². The first kappa shape index (κ1) is 17.4. The number of rotatable bonds is 6. The fraction of sp³-hybridized carbons (Fsp3) is 0.667. The molecule has 0 spiro atoms. The summed E-state index contributed by atoms with van der Waals surface area (Å²) in [5.74, 6) is 2.52. The topological polar surface area (TPSA) is 86.4 Å². The van der Waals surface area contributed by atoms with Gasteiger partial charge in [0.15, 0.2) is 5.82 Å². The summed E-state index contributed by atoms with van der Waals surface area (Å²) in [5.41, 5.74) is 1.18. The molecule has 1 atom stereocenters. The standard InChI is InChI=1S/C18H25N5O3/c1-24-12-16-21-17(26-22-16)10-14-11-23(8-9-25-14)18-19-7-6-15(20-18)13-4-2-3-5-13/h6-7,13-14H,2-5,8-12H2,1H3. The Hall–Kier alpha value is -2.06. The number of anilines is 1. The first-order valence-electron chi connectivity index (χ1n) is 9.31. The van der Waals surface area contributed by atoms with Crippen LogP contribution in [-0.2, 0) is 22.5 Å². The molecule has 140 valence electrons. The van der Waals surface area contributed by atoms with Crippen molar-refractivity contribution in [3.8, 4) is 0 Å². The number of morpholine rings is 1. The predicted molar refractivity (Wildman–Crippen MR) is 93.9 cm³/mol. The second-order valence-electron chi connectivity index (χ2n) is 6.94. The number of nitrogens with zero attached hydrogens (tertiary/aromatic N) is 5. The molecule has 8 heteroatoms. The summed E-state index contributed by atoms with van der Waals surface area (Å²) in [6.45, 7) is 2.50. The van der Waals surface area contributed by atoms with Gasteiger partial charge in [0.05, 0.1) is 19.1 Å².